The number of hydrogen-bond donors (Lipinski definition) is 3. The van der Waals surface area contributed by atoms with E-state index in [2.05, 4.69) is 20.6 Å². The molecule has 2 aromatic carbocycles. The summed E-state index contributed by atoms with van der Waals surface area (Å²) >= 11 is 1.22. The molecule has 2 amide bonds. The molecule has 3 N–H and O–H groups in total. The topological polar surface area (TPSA) is 86.9 Å². The summed E-state index contributed by atoms with van der Waals surface area (Å²) in [5.41, 5.74) is 1.04. The highest BCUT2D eigenvalue weighted by Crippen LogP contribution is 2.29. The Balaban J connectivity index is 1.54. The van der Waals surface area contributed by atoms with Crippen molar-refractivity contribution in [2.45, 2.75) is 0 Å². The van der Waals surface area contributed by atoms with E-state index in [1.54, 1.807) is 36.5 Å². The van der Waals surface area contributed by atoms with Gasteiger partial charge >= 0.3 is 0 Å². The van der Waals surface area contributed by atoms with Gasteiger partial charge in [-0.3, -0.25) is 14.9 Å². The predicted octanol–water partition coefficient (Wildman–Crippen LogP) is 4.41. The maximum atomic E-state index is 13.7. The summed E-state index contributed by atoms with van der Waals surface area (Å²) in [4.78, 5) is 31.4. The molecule has 0 aliphatic heterocycles. The lowest BCUT2D eigenvalue weighted by molar-refractivity contribution is 0.101. The van der Waals surface area contributed by atoms with Crippen LogP contribution in [0.2, 0.25) is 0 Å². The fourth-order valence-electron chi connectivity index (χ4n) is 2.56. The summed E-state index contributed by atoms with van der Waals surface area (Å²) in [5.74, 6) is -2.60. The maximum absolute atomic E-state index is 13.7. The number of nitrogens with zero attached hydrogens (tertiary/aromatic N) is 1. The molecule has 9 heteroatoms. The van der Waals surface area contributed by atoms with Crippen molar-refractivity contribution in [1.29, 1.82) is 0 Å². The van der Waals surface area contributed by atoms with E-state index in [0.29, 0.717) is 26.7 Å². The average Bonchev–Trinajstić information content (AvgIpc) is 3.32. The van der Waals surface area contributed by atoms with E-state index in [9.17, 15) is 18.4 Å². The van der Waals surface area contributed by atoms with Crippen LogP contribution in [0.4, 0.5) is 19.6 Å². The summed E-state index contributed by atoms with van der Waals surface area (Å²) in [6.07, 6.45) is 1.64. The third-order valence-electron chi connectivity index (χ3n) is 3.88. The summed E-state index contributed by atoms with van der Waals surface area (Å²) in [6.45, 7) is 0. The van der Waals surface area contributed by atoms with Crippen LogP contribution < -0.4 is 10.6 Å². The minimum Gasteiger partial charge on any atom is -0.357 e. The number of halogens is 2. The first-order chi connectivity index (χ1) is 13.5. The molecule has 6 nitrogen and oxygen atoms in total. The predicted molar refractivity (Wildman–Crippen MR) is 103 cm³/mol. The van der Waals surface area contributed by atoms with Crippen LogP contribution in [0.3, 0.4) is 0 Å². The zero-order chi connectivity index (χ0) is 19.7. The Labute approximate surface area is 161 Å². The number of rotatable bonds is 4. The van der Waals surface area contributed by atoms with E-state index in [4.69, 9.17) is 0 Å². The fraction of sp³-hybridized carbons (Fsp3) is 0. The van der Waals surface area contributed by atoms with E-state index in [1.807, 2.05) is 0 Å². The van der Waals surface area contributed by atoms with Crippen molar-refractivity contribution in [3.05, 3.63) is 77.6 Å². The molecule has 2 heterocycles. The van der Waals surface area contributed by atoms with Gasteiger partial charge in [0.2, 0.25) is 0 Å². The highest BCUT2D eigenvalue weighted by Gasteiger charge is 2.15. The Morgan fingerprint density at radius 3 is 2.64 bits per heavy atom. The molecular formula is C19H12F2N4O2S. The summed E-state index contributed by atoms with van der Waals surface area (Å²) in [6, 6.07) is 10.9. The molecule has 0 aliphatic rings. The fourth-order valence-corrected chi connectivity index (χ4v) is 3.46. The van der Waals surface area contributed by atoms with Crippen molar-refractivity contribution < 1.29 is 18.4 Å². The van der Waals surface area contributed by atoms with Gasteiger partial charge in [0.05, 0.1) is 15.8 Å². The van der Waals surface area contributed by atoms with Gasteiger partial charge in [0.15, 0.2) is 5.13 Å². The first kappa shape index (κ1) is 17.8. The molecule has 0 fully saturated rings. The zero-order valence-corrected chi connectivity index (χ0v) is 14.9. The van der Waals surface area contributed by atoms with Gasteiger partial charge in [0, 0.05) is 11.9 Å². The lowest BCUT2D eigenvalue weighted by Crippen LogP contribution is -2.14. The molecule has 28 heavy (non-hydrogen) atoms. The molecule has 0 unspecified atom stereocenters. The molecular weight excluding hydrogens is 386 g/mol. The number of carbonyl (C=O) groups is 2. The number of benzene rings is 2. The van der Waals surface area contributed by atoms with Gasteiger partial charge in [-0.15, -0.1) is 0 Å². The van der Waals surface area contributed by atoms with Crippen molar-refractivity contribution >= 4 is 44.2 Å². The number of aromatic nitrogens is 2. The largest absolute Gasteiger partial charge is 0.357 e. The Morgan fingerprint density at radius 2 is 1.86 bits per heavy atom. The third-order valence-corrected chi connectivity index (χ3v) is 4.82. The first-order valence-electron chi connectivity index (χ1n) is 8.11. The average molecular weight is 398 g/mol. The van der Waals surface area contributed by atoms with Crippen LogP contribution in [-0.2, 0) is 0 Å². The smallest absolute Gasteiger partial charge is 0.273 e. The lowest BCUT2D eigenvalue weighted by Gasteiger charge is -2.06. The number of H-pyrrole nitrogens is 1. The van der Waals surface area contributed by atoms with Crippen molar-refractivity contribution in [1.82, 2.24) is 9.97 Å². The standard InChI is InChI=1S/C19H12F2N4O2S/c20-10-3-5-13(21)12(8-10)17(26)23-11-4-6-14-16(9-11)28-19(24-14)25-18(27)15-2-1-7-22-15/h1-9,22H,(H,23,26)(H,24,25,27). The van der Waals surface area contributed by atoms with E-state index in [0.717, 1.165) is 18.2 Å². The second-order valence-electron chi connectivity index (χ2n) is 5.82. The highest BCUT2D eigenvalue weighted by atomic mass is 32.1. The number of fused-ring (bicyclic) bond motifs is 1. The van der Waals surface area contributed by atoms with Crippen LogP contribution in [0.15, 0.2) is 54.7 Å². The Hall–Kier alpha value is -3.59. The first-order valence-corrected chi connectivity index (χ1v) is 8.93. The molecule has 4 aromatic rings. The van der Waals surface area contributed by atoms with Gasteiger partial charge in [-0.25, -0.2) is 13.8 Å². The van der Waals surface area contributed by atoms with Crippen LogP contribution in [0.5, 0.6) is 0 Å². The zero-order valence-electron chi connectivity index (χ0n) is 14.1. The number of hydrogen-bond acceptors (Lipinski definition) is 4. The molecule has 0 radical (unpaired) electrons. The Kier molecular flexibility index (Phi) is 4.58. The van der Waals surface area contributed by atoms with E-state index >= 15 is 0 Å². The van der Waals surface area contributed by atoms with Gasteiger partial charge in [0.1, 0.15) is 17.3 Å². The normalized spacial score (nSPS) is 10.8. The highest BCUT2D eigenvalue weighted by molar-refractivity contribution is 7.22. The Morgan fingerprint density at radius 1 is 1.00 bits per heavy atom. The molecule has 0 saturated carbocycles. The van der Waals surface area contributed by atoms with E-state index < -0.39 is 17.5 Å². The van der Waals surface area contributed by atoms with Crippen LogP contribution in [-0.4, -0.2) is 21.8 Å². The van der Waals surface area contributed by atoms with Gasteiger partial charge in [-0.1, -0.05) is 11.3 Å². The monoisotopic (exact) mass is 398 g/mol. The number of aromatic amines is 1. The van der Waals surface area contributed by atoms with Crippen molar-refractivity contribution in [2.24, 2.45) is 0 Å². The number of anilines is 2. The van der Waals surface area contributed by atoms with E-state index in [1.165, 1.54) is 11.3 Å². The van der Waals surface area contributed by atoms with Gasteiger partial charge in [-0.2, -0.15) is 0 Å². The number of nitrogens with one attached hydrogen (secondary N) is 3. The second kappa shape index (κ2) is 7.20. The molecule has 140 valence electrons. The molecule has 0 bridgehead atoms. The minimum absolute atomic E-state index is 0.320. The number of thiazole rings is 1. The van der Waals surface area contributed by atoms with Crippen LogP contribution in [0, 0.1) is 11.6 Å². The van der Waals surface area contributed by atoms with Gasteiger partial charge in [0.25, 0.3) is 11.8 Å². The lowest BCUT2D eigenvalue weighted by atomic mass is 10.2. The Bertz CT molecular complexity index is 1190. The minimum atomic E-state index is -0.813. The van der Waals surface area contributed by atoms with Crippen LogP contribution in [0.1, 0.15) is 20.8 Å². The molecule has 2 aromatic heterocycles. The van der Waals surface area contributed by atoms with Crippen molar-refractivity contribution in [3.8, 4) is 0 Å². The SMILES string of the molecule is O=C(Nc1nc2ccc(NC(=O)c3cc(F)ccc3F)cc2s1)c1ccc[nH]1. The van der Waals surface area contributed by atoms with Crippen LogP contribution >= 0.6 is 11.3 Å². The molecule has 0 spiro atoms. The summed E-state index contributed by atoms with van der Waals surface area (Å²) < 4.78 is 27.7. The second-order valence-corrected chi connectivity index (χ2v) is 6.85. The van der Waals surface area contributed by atoms with Gasteiger partial charge < -0.3 is 10.3 Å². The summed E-state index contributed by atoms with van der Waals surface area (Å²) in [7, 11) is 0. The molecule has 0 saturated heterocycles. The summed E-state index contributed by atoms with van der Waals surface area (Å²) in [5, 5.41) is 5.62. The van der Waals surface area contributed by atoms with Crippen molar-refractivity contribution in [2.75, 3.05) is 10.6 Å². The molecule has 0 atom stereocenters. The van der Waals surface area contributed by atoms with Crippen LogP contribution in [0.25, 0.3) is 10.2 Å². The third kappa shape index (κ3) is 3.60. The quantitative estimate of drug-likeness (QED) is 0.476. The number of carbonyl (C=O) groups excluding carboxylic acids is 2. The molecule has 4 rings (SSSR count). The maximum Gasteiger partial charge on any atom is 0.273 e. The molecule has 0 aliphatic carbocycles. The van der Waals surface area contributed by atoms with E-state index in [-0.39, 0.29) is 11.5 Å². The van der Waals surface area contributed by atoms with Gasteiger partial charge in [-0.05, 0) is 48.5 Å². The number of amides is 2. The van der Waals surface area contributed by atoms with Crippen molar-refractivity contribution in [3.63, 3.8) is 0 Å².